The smallest absolute Gasteiger partial charge is 0.0962 e. The van der Waals surface area contributed by atoms with E-state index in [2.05, 4.69) is 18.0 Å². The van der Waals surface area contributed by atoms with E-state index < -0.39 is 6.10 Å². The van der Waals surface area contributed by atoms with E-state index in [1.165, 1.54) is 38.5 Å². The number of unbranched alkanes of at least 4 members (excludes halogenated alkanes) is 6. The third kappa shape index (κ3) is 6.20. The standard InChI is InChI=1S/C17H29NO/c1-4-5-6-7-8-9-10-11-16(19)17-15(3)12-14(2)13-18-17/h12-13,16,19H,4-11H2,1-3H3. The monoisotopic (exact) mass is 263 g/mol. The van der Waals surface area contributed by atoms with Crippen LogP contribution in [-0.4, -0.2) is 10.1 Å². The third-order valence-electron chi connectivity index (χ3n) is 3.65. The molecule has 0 spiro atoms. The average molecular weight is 263 g/mol. The molecule has 1 rings (SSSR count). The molecule has 0 amide bonds. The van der Waals surface area contributed by atoms with Gasteiger partial charge >= 0.3 is 0 Å². The maximum atomic E-state index is 10.2. The molecule has 2 nitrogen and oxygen atoms in total. The third-order valence-corrected chi connectivity index (χ3v) is 3.65. The second kappa shape index (κ2) is 9.08. The number of pyridine rings is 1. The molecule has 19 heavy (non-hydrogen) atoms. The molecule has 0 saturated heterocycles. The van der Waals surface area contributed by atoms with Crippen molar-refractivity contribution in [1.29, 1.82) is 0 Å². The second-order valence-corrected chi connectivity index (χ2v) is 5.64. The Morgan fingerprint density at radius 2 is 1.68 bits per heavy atom. The molecule has 0 bridgehead atoms. The second-order valence-electron chi connectivity index (χ2n) is 5.64. The topological polar surface area (TPSA) is 33.1 Å². The Bertz CT molecular complexity index is 362. The molecule has 1 N–H and O–H groups in total. The number of hydrogen-bond donors (Lipinski definition) is 1. The Labute approximate surface area is 118 Å². The highest BCUT2D eigenvalue weighted by atomic mass is 16.3. The molecule has 1 aromatic rings. The maximum absolute atomic E-state index is 10.2. The van der Waals surface area contributed by atoms with E-state index in [1.807, 2.05) is 20.0 Å². The predicted octanol–water partition coefficient (Wildman–Crippen LogP) is 4.87. The number of rotatable bonds is 9. The Morgan fingerprint density at radius 3 is 2.32 bits per heavy atom. The fraction of sp³-hybridized carbons (Fsp3) is 0.706. The molecule has 0 aliphatic carbocycles. The molecule has 0 fully saturated rings. The van der Waals surface area contributed by atoms with Crippen LogP contribution in [0.3, 0.4) is 0 Å². The van der Waals surface area contributed by atoms with Crippen LogP contribution in [-0.2, 0) is 0 Å². The summed E-state index contributed by atoms with van der Waals surface area (Å²) in [6, 6.07) is 2.09. The summed E-state index contributed by atoms with van der Waals surface area (Å²) in [5.74, 6) is 0. The Hall–Kier alpha value is -0.890. The van der Waals surface area contributed by atoms with Gasteiger partial charge in [-0.2, -0.15) is 0 Å². The molecule has 0 radical (unpaired) electrons. The molecule has 0 aliphatic heterocycles. The average Bonchev–Trinajstić information content (AvgIpc) is 2.37. The van der Waals surface area contributed by atoms with E-state index in [9.17, 15) is 5.11 Å². The van der Waals surface area contributed by atoms with E-state index in [-0.39, 0.29) is 0 Å². The van der Waals surface area contributed by atoms with Gasteiger partial charge in [0.1, 0.15) is 0 Å². The fourth-order valence-corrected chi connectivity index (χ4v) is 2.51. The quantitative estimate of drug-likeness (QED) is 0.645. The number of aryl methyl sites for hydroxylation is 2. The van der Waals surface area contributed by atoms with E-state index in [0.29, 0.717) is 0 Å². The van der Waals surface area contributed by atoms with Crippen LogP contribution in [0.5, 0.6) is 0 Å². The molecular formula is C17H29NO. The minimum atomic E-state index is -0.392. The molecule has 1 atom stereocenters. The van der Waals surface area contributed by atoms with E-state index >= 15 is 0 Å². The van der Waals surface area contributed by atoms with E-state index in [0.717, 1.165) is 29.7 Å². The number of hydrogen-bond acceptors (Lipinski definition) is 2. The van der Waals surface area contributed by atoms with Gasteiger partial charge in [0.2, 0.25) is 0 Å². The van der Waals surface area contributed by atoms with Gasteiger partial charge in [-0.05, 0) is 31.4 Å². The summed E-state index contributed by atoms with van der Waals surface area (Å²) in [6.45, 7) is 6.31. The van der Waals surface area contributed by atoms with Gasteiger partial charge in [-0.3, -0.25) is 4.98 Å². The number of aromatic nitrogens is 1. The number of nitrogens with zero attached hydrogens (tertiary/aromatic N) is 1. The van der Waals surface area contributed by atoms with Crippen molar-refractivity contribution in [3.63, 3.8) is 0 Å². The van der Waals surface area contributed by atoms with Crippen LogP contribution in [0.25, 0.3) is 0 Å². The summed E-state index contributed by atoms with van der Waals surface area (Å²) in [5.41, 5.74) is 3.12. The molecular weight excluding hydrogens is 234 g/mol. The molecule has 0 saturated carbocycles. The lowest BCUT2D eigenvalue weighted by Gasteiger charge is -2.13. The summed E-state index contributed by atoms with van der Waals surface area (Å²) in [4.78, 5) is 4.37. The van der Waals surface area contributed by atoms with Crippen molar-refractivity contribution < 1.29 is 5.11 Å². The normalized spacial score (nSPS) is 12.6. The van der Waals surface area contributed by atoms with Crippen LogP contribution in [0.15, 0.2) is 12.3 Å². The van der Waals surface area contributed by atoms with Gasteiger partial charge in [-0.1, -0.05) is 57.9 Å². The number of aliphatic hydroxyl groups is 1. The van der Waals surface area contributed by atoms with Gasteiger partial charge in [-0.15, -0.1) is 0 Å². The fourth-order valence-electron chi connectivity index (χ4n) is 2.51. The highest BCUT2D eigenvalue weighted by Gasteiger charge is 2.11. The summed E-state index contributed by atoms with van der Waals surface area (Å²) >= 11 is 0. The Balaban J connectivity index is 2.22. The van der Waals surface area contributed by atoms with Gasteiger partial charge in [0.05, 0.1) is 11.8 Å². The highest BCUT2D eigenvalue weighted by molar-refractivity contribution is 5.24. The van der Waals surface area contributed by atoms with Gasteiger partial charge in [0.25, 0.3) is 0 Å². The summed E-state index contributed by atoms with van der Waals surface area (Å²) in [6.07, 6.45) is 11.3. The lowest BCUT2D eigenvalue weighted by Crippen LogP contribution is -2.03. The number of aliphatic hydroxyl groups excluding tert-OH is 1. The van der Waals surface area contributed by atoms with Crippen LogP contribution in [0, 0.1) is 13.8 Å². The van der Waals surface area contributed by atoms with E-state index in [1.54, 1.807) is 0 Å². The summed E-state index contributed by atoms with van der Waals surface area (Å²) in [7, 11) is 0. The van der Waals surface area contributed by atoms with Crippen molar-refractivity contribution >= 4 is 0 Å². The first-order valence-corrected chi connectivity index (χ1v) is 7.76. The zero-order valence-electron chi connectivity index (χ0n) is 12.8. The van der Waals surface area contributed by atoms with Gasteiger partial charge in [0, 0.05) is 6.20 Å². The maximum Gasteiger partial charge on any atom is 0.0962 e. The van der Waals surface area contributed by atoms with Crippen LogP contribution >= 0.6 is 0 Å². The van der Waals surface area contributed by atoms with Crippen LogP contribution in [0.1, 0.15) is 81.2 Å². The predicted molar refractivity (Wildman–Crippen MR) is 81.3 cm³/mol. The van der Waals surface area contributed by atoms with Crippen molar-refractivity contribution in [1.82, 2.24) is 4.98 Å². The molecule has 2 heteroatoms. The van der Waals surface area contributed by atoms with Crippen molar-refractivity contribution in [3.8, 4) is 0 Å². The van der Waals surface area contributed by atoms with Crippen molar-refractivity contribution in [2.75, 3.05) is 0 Å². The largest absolute Gasteiger partial charge is 0.387 e. The Morgan fingerprint density at radius 1 is 1.05 bits per heavy atom. The highest BCUT2D eigenvalue weighted by Crippen LogP contribution is 2.21. The van der Waals surface area contributed by atoms with Crippen molar-refractivity contribution in [2.24, 2.45) is 0 Å². The van der Waals surface area contributed by atoms with E-state index in [4.69, 9.17) is 0 Å². The first kappa shape index (κ1) is 16.2. The lowest BCUT2D eigenvalue weighted by molar-refractivity contribution is 0.158. The molecule has 0 aliphatic rings. The van der Waals surface area contributed by atoms with Crippen LogP contribution in [0.2, 0.25) is 0 Å². The van der Waals surface area contributed by atoms with Gasteiger partial charge in [0.15, 0.2) is 0 Å². The molecule has 0 aromatic carbocycles. The Kier molecular flexibility index (Phi) is 7.73. The lowest BCUT2D eigenvalue weighted by atomic mass is 10.0. The molecule has 1 heterocycles. The van der Waals surface area contributed by atoms with Crippen LogP contribution in [0.4, 0.5) is 0 Å². The molecule has 1 aromatic heterocycles. The van der Waals surface area contributed by atoms with Crippen molar-refractivity contribution in [2.45, 2.75) is 78.2 Å². The zero-order valence-corrected chi connectivity index (χ0v) is 12.8. The summed E-state index contributed by atoms with van der Waals surface area (Å²) < 4.78 is 0. The SMILES string of the molecule is CCCCCCCCCC(O)c1ncc(C)cc1C. The molecule has 1 unspecified atom stereocenters. The minimum absolute atomic E-state index is 0.392. The molecule has 108 valence electrons. The minimum Gasteiger partial charge on any atom is -0.387 e. The van der Waals surface area contributed by atoms with Crippen LogP contribution < -0.4 is 0 Å². The van der Waals surface area contributed by atoms with Gasteiger partial charge < -0.3 is 5.11 Å². The summed E-state index contributed by atoms with van der Waals surface area (Å²) in [5, 5.41) is 10.2. The zero-order chi connectivity index (χ0) is 14.1. The van der Waals surface area contributed by atoms with Crippen molar-refractivity contribution in [3.05, 3.63) is 29.1 Å². The first-order valence-electron chi connectivity index (χ1n) is 7.76. The first-order chi connectivity index (χ1) is 9.15. The van der Waals surface area contributed by atoms with Gasteiger partial charge in [-0.25, -0.2) is 0 Å².